The molecule has 0 bridgehead atoms. The van der Waals surface area contributed by atoms with Crippen molar-refractivity contribution in [3.63, 3.8) is 0 Å². The fourth-order valence-electron chi connectivity index (χ4n) is 3.43. The number of hydrogen-bond donors (Lipinski definition) is 1. The second-order valence-electron chi connectivity index (χ2n) is 8.42. The highest BCUT2D eigenvalue weighted by molar-refractivity contribution is 5.89. The van der Waals surface area contributed by atoms with Crippen molar-refractivity contribution in [2.45, 2.75) is 26.2 Å². The first kappa shape index (κ1) is 19.9. The first-order chi connectivity index (χ1) is 14.4. The Morgan fingerprint density at radius 3 is 2.33 bits per heavy atom. The lowest BCUT2D eigenvalue weighted by molar-refractivity contribution is 0.208. The van der Waals surface area contributed by atoms with Crippen LogP contribution in [0.1, 0.15) is 26.3 Å². The Kier molecular flexibility index (Phi) is 5.39. The van der Waals surface area contributed by atoms with E-state index in [1.165, 1.54) is 5.56 Å². The quantitative estimate of drug-likeness (QED) is 0.723. The van der Waals surface area contributed by atoms with Gasteiger partial charge in [0.2, 0.25) is 0 Å². The predicted octanol–water partition coefficient (Wildman–Crippen LogP) is 3.31. The number of piperazine rings is 1. The van der Waals surface area contributed by atoms with Crippen LogP contribution in [-0.4, -0.2) is 56.9 Å². The summed E-state index contributed by atoms with van der Waals surface area (Å²) in [7, 11) is 0. The van der Waals surface area contributed by atoms with Gasteiger partial charge in [0.05, 0.1) is 0 Å². The maximum absolute atomic E-state index is 12.7. The summed E-state index contributed by atoms with van der Waals surface area (Å²) in [4.78, 5) is 25.3. The van der Waals surface area contributed by atoms with E-state index in [1.54, 1.807) is 17.2 Å². The molecule has 4 rings (SSSR count). The van der Waals surface area contributed by atoms with E-state index in [1.807, 2.05) is 35.4 Å². The maximum atomic E-state index is 12.7. The number of aromatic nitrogens is 4. The molecule has 2 aromatic heterocycles. The van der Waals surface area contributed by atoms with Crippen molar-refractivity contribution in [3.05, 3.63) is 60.7 Å². The summed E-state index contributed by atoms with van der Waals surface area (Å²) in [5.41, 5.74) is 2.15. The summed E-state index contributed by atoms with van der Waals surface area (Å²) in [6, 6.07) is 11.8. The molecular weight excluding hydrogens is 378 g/mol. The molecule has 1 N–H and O–H groups in total. The van der Waals surface area contributed by atoms with Crippen LogP contribution < -0.4 is 10.2 Å². The van der Waals surface area contributed by atoms with Crippen molar-refractivity contribution >= 4 is 17.5 Å². The monoisotopic (exact) mass is 405 g/mol. The second-order valence-corrected chi connectivity index (χ2v) is 8.42. The van der Waals surface area contributed by atoms with E-state index in [-0.39, 0.29) is 11.4 Å². The minimum absolute atomic E-state index is 0.0712. The summed E-state index contributed by atoms with van der Waals surface area (Å²) in [6.07, 6.45) is 5.12. The van der Waals surface area contributed by atoms with Crippen LogP contribution in [0.15, 0.2) is 55.1 Å². The van der Waals surface area contributed by atoms with Gasteiger partial charge in [-0.15, -0.1) is 0 Å². The van der Waals surface area contributed by atoms with Crippen molar-refractivity contribution in [2.24, 2.45) is 0 Å². The van der Waals surface area contributed by atoms with Crippen molar-refractivity contribution < 1.29 is 4.79 Å². The number of hydrogen-bond acceptors (Lipinski definition) is 5. The van der Waals surface area contributed by atoms with Gasteiger partial charge in [-0.3, -0.25) is 0 Å². The third-order valence-corrected chi connectivity index (χ3v) is 5.27. The van der Waals surface area contributed by atoms with Crippen LogP contribution in [0, 0.1) is 0 Å². The van der Waals surface area contributed by atoms with E-state index in [0.29, 0.717) is 26.2 Å². The Balaban J connectivity index is 1.34. The number of nitrogens with one attached hydrogen (secondary N) is 1. The molecule has 30 heavy (non-hydrogen) atoms. The predicted molar refractivity (Wildman–Crippen MR) is 117 cm³/mol. The average Bonchev–Trinajstić information content (AvgIpc) is 3.29. The van der Waals surface area contributed by atoms with Gasteiger partial charge in [-0.05, 0) is 29.2 Å². The highest BCUT2D eigenvalue weighted by Gasteiger charge is 2.22. The normalized spacial score (nSPS) is 14.6. The van der Waals surface area contributed by atoms with Gasteiger partial charge in [0, 0.05) is 50.3 Å². The fraction of sp³-hybridized carbons (Fsp3) is 0.364. The molecule has 156 valence electrons. The van der Waals surface area contributed by atoms with Gasteiger partial charge in [-0.1, -0.05) is 32.9 Å². The van der Waals surface area contributed by atoms with Crippen molar-refractivity contribution in [1.29, 1.82) is 0 Å². The minimum atomic E-state index is -0.0712. The first-order valence-electron chi connectivity index (χ1n) is 10.1. The summed E-state index contributed by atoms with van der Waals surface area (Å²) < 4.78 is 1.71. The molecular formula is C22H27N7O. The molecule has 1 saturated heterocycles. The van der Waals surface area contributed by atoms with E-state index < -0.39 is 0 Å². The van der Waals surface area contributed by atoms with Crippen LogP contribution in [0.2, 0.25) is 0 Å². The Labute approximate surface area is 176 Å². The number of urea groups is 1. The zero-order valence-corrected chi connectivity index (χ0v) is 17.6. The van der Waals surface area contributed by atoms with Gasteiger partial charge in [0.25, 0.3) is 0 Å². The van der Waals surface area contributed by atoms with Crippen LogP contribution in [0.4, 0.5) is 16.3 Å². The number of anilines is 2. The van der Waals surface area contributed by atoms with E-state index in [4.69, 9.17) is 0 Å². The Hall–Kier alpha value is -3.42. The van der Waals surface area contributed by atoms with Gasteiger partial charge in [0.15, 0.2) is 5.82 Å². The Morgan fingerprint density at radius 1 is 1.00 bits per heavy atom. The number of rotatable bonds is 3. The van der Waals surface area contributed by atoms with Crippen LogP contribution in [0.3, 0.4) is 0 Å². The summed E-state index contributed by atoms with van der Waals surface area (Å²) in [6.45, 7) is 9.22. The second kappa shape index (κ2) is 8.14. The molecule has 8 heteroatoms. The first-order valence-corrected chi connectivity index (χ1v) is 10.1. The topological polar surface area (TPSA) is 79.2 Å². The number of benzene rings is 1. The smallest absolute Gasteiger partial charge is 0.321 e. The summed E-state index contributed by atoms with van der Waals surface area (Å²) >= 11 is 0. The van der Waals surface area contributed by atoms with E-state index >= 15 is 0 Å². The van der Waals surface area contributed by atoms with Crippen molar-refractivity contribution in [3.8, 4) is 5.82 Å². The SMILES string of the molecule is CC(C)(C)c1ccc(NC(=O)N2CCN(c3cc(-n4cccn4)ncn3)CC2)cc1. The number of nitrogens with zero attached hydrogens (tertiary/aromatic N) is 6. The molecule has 0 spiro atoms. The van der Waals surface area contributed by atoms with Gasteiger partial charge in [0.1, 0.15) is 12.1 Å². The van der Waals surface area contributed by atoms with Crippen molar-refractivity contribution in [2.75, 3.05) is 36.4 Å². The largest absolute Gasteiger partial charge is 0.353 e. The molecule has 0 radical (unpaired) electrons. The molecule has 0 aliphatic carbocycles. The highest BCUT2D eigenvalue weighted by atomic mass is 16.2. The highest BCUT2D eigenvalue weighted by Crippen LogP contribution is 2.23. The summed E-state index contributed by atoms with van der Waals surface area (Å²) in [5, 5.41) is 7.22. The van der Waals surface area contributed by atoms with Gasteiger partial charge in [-0.25, -0.2) is 19.4 Å². The lowest BCUT2D eigenvalue weighted by Crippen LogP contribution is -2.50. The number of carbonyl (C=O) groups is 1. The molecule has 0 saturated carbocycles. The molecule has 1 fully saturated rings. The number of carbonyl (C=O) groups excluding carboxylic acids is 1. The third kappa shape index (κ3) is 4.42. The zero-order chi connectivity index (χ0) is 21.1. The number of amides is 2. The maximum Gasteiger partial charge on any atom is 0.321 e. The third-order valence-electron chi connectivity index (χ3n) is 5.27. The standard InChI is InChI=1S/C22H27N7O/c1-22(2,3)17-5-7-18(8-6-17)26-21(30)28-13-11-27(12-14-28)19-15-20(24-16-23-19)29-10-4-9-25-29/h4-10,15-16H,11-14H2,1-3H3,(H,26,30). The van der Waals surface area contributed by atoms with Gasteiger partial charge in [-0.2, -0.15) is 5.10 Å². The minimum Gasteiger partial charge on any atom is -0.353 e. The van der Waals surface area contributed by atoms with Gasteiger partial charge >= 0.3 is 6.03 Å². The molecule has 3 aromatic rings. The lowest BCUT2D eigenvalue weighted by atomic mass is 9.87. The molecule has 2 amide bonds. The average molecular weight is 406 g/mol. The summed E-state index contributed by atoms with van der Waals surface area (Å²) in [5.74, 6) is 1.57. The lowest BCUT2D eigenvalue weighted by Gasteiger charge is -2.35. The van der Waals surface area contributed by atoms with Crippen LogP contribution in [-0.2, 0) is 5.41 Å². The Bertz CT molecular complexity index is 985. The van der Waals surface area contributed by atoms with Gasteiger partial charge < -0.3 is 15.1 Å². The molecule has 0 unspecified atom stereocenters. The van der Waals surface area contributed by atoms with E-state index in [9.17, 15) is 4.79 Å². The fourth-order valence-corrected chi connectivity index (χ4v) is 3.43. The van der Waals surface area contributed by atoms with E-state index in [2.05, 4.69) is 58.2 Å². The molecule has 1 aliphatic heterocycles. The van der Waals surface area contributed by atoms with E-state index in [0.717, 1.165) is 17.3 Å². The van der Waals surface area contributed by atoms with Crippen LogP contribution in [0.25, 0.3) is 5.82 Å². The molecule has 8 nitrogen and oxygen atoms in total. The molecule has 0 atom stereocenters. The van der Waals surface area contributed by atoms with Crippen LogP contribution >= 0.6 is 0 Å². The molecule has 3 heterocycles. The van der Waals surface area contributed by atoms with Crippen molar-refractivity contribution in [1.82, 2.24) is 24.6 Å². The molecule has 1 aliphatic rings. The zero-order valence-electron chi connectivity index (χ0n) is 17.6. The van der Waals surface area contributed by atoms with Crippen LogP contribution in [0.5, 0.6) is 0 Å². The molecule has 1 aromatic carbocycles. The Morgan fingerprint density at radius 2 is 1.70 bits per heavy atom.